The zero-order valence-electron chi connectivity index (χ0n) is 9.57. The van der Waals surface area contributed by atoms with Crippen LogP contribution in [0.25, 0.3) is 6.08 Å². The number of rotatable bonds is 0. The SMILES string of the molecule is C1=Cc2ccccc2OC1.[Ca+2].[H-].[H-].[Mn].[Mo].[Si]. The fourth-order valence-electron chi connectivity index (χ4n) is 1.06. The first-order valence-corrected chi connectivity index (χ1v) is 3.35. The summed E-state index contributed by atoms with van der Waals surface area (Å²) in [4.78, 5) is 0. The Kier molecular flexibility index (Phi) is 16.3. The third-order valence-corrected chi connectivity index (χ3v) is 1.55. The van der Waals surface area contributed by atoms with Crippen molar-refractivity contribution in [2.75, 3.05) is 6.61 Å². The van der Waals surface area contributed by atoms with Crippen molar-refractivity contribution in [2.45, 2.75) is 0 Å². The summed E-state index contributed by atoms with van der Waals surface area (Å²) in [7, 11) is 0. The Hall–Kier alpha value is 1.44. The van der Waals surface area contributed by atoms with Gasteiger partial charge in [0.25, 0.3) is 0 Å². The molecule has 1 aliphatic heterocycles. The number of hydrogen-bond donors (Lipinski definition) is 0. The molecule has 0 saturated carbocycles. The van der Waals surface area contributed by atoms with Crippen LogP contribution in [0.15, 0.2) is 30.3 Å². The Balaban J connectivity index is -0.0000000672. The molecular weight excluding hydrogens is 343 g/mol. The second-order valence-electron chi connectivity index (χ2n) is 2.25. The van der Waals surface area contributed by atoms with Crippen LogP contribution in [0, 0.1) is 0 Å². The molecule has 0 atom stereocenters. The summed E-state index contributed by atoms with van der Waals surface area (Å²) in [5.41, 5.74) is 1.17. The zero-order valence-corrected chi connectivity index (χ0v) is 14.0. The third-order valence-electron chi connectivity index (χ3n) is 1.55. The number of fused-ring (bicyclic) bond motifs is 1. The minimum absolute atomic E-state index is 0. The van der Waals surface area contributed by atoms with E-state index in [4.69, 9.17) is 4.74 Å². The fourth-order valence-corrected chi connectivity index (χ4v) is 1.06. The molecule has 1 aromatic rings. The van der Waals surface area contributed by atoms with Crippen molar-refractivity contribution in [3.63, 3.8) is 0 Å². The summed E-state index contributed by atoms with van der Waals surface area (Å²) in [6.07, 6.45) is 4.10. The van der Waals surface area contributed by atoms with Gasteiger partial charge in [-0.2, -0.15) is 0 Å². The first-order valence-electron chi connectivity index (χ1n) is 3.35. The molecule has 2 rings (SSSR count). The van der Waals surface area contributed by atoms with E-state index in [9.17, 15) is 0 Å². The molecule has 0 N–H and O–H groups in total. The van der Waals surface area contributed by atoms with E-state index >= 15 is 0 Å². The smallest absolute Gasteiger partial charge is 1.00 e. The molecule has 0 saturated heterocycles. The van der Waals surface area contributed by atoms with Crippen LogP contribution in [0.1, 0.15) is 8.42 Å². The fraction of sp³-hybridized carbons (Fsp3) is 0.111. The van der Waals surface area contributed by atoms with Crippen molar-refractivity contribution in [1.29, 1.82) is 0 Å². The molecule has 0 aromatic heterocycles. The van der Waals surface area contributed by atoms with Crippen LogP contribution in [0.3, 0.4) is 0 Å². The van der Waals surface area contributed by atoms with Crippen LogP contribution < -0.4 is 4.74 Å². The molecule has 0 unspecified atom stereocenters. The molecule has 71 valence electrons. The summed E-state index contributed by atoms with van der Waals surface area (Å²) in [6.45, 7) is 0.705. The number of hydrogen-bond acceptors (Lipinski definition) is 1. The Morgan fingerprint density at radius 3 is 2.50 bits per heavy atom. The van der Waals surface area contributed by atoms with Gasteiger partial charge >= 0.3 is 37.7 Å². The minimum Gasteiger partial charge on any atom is -1.00 e. The monoisotopic (exact) mass is 355 g/mol. The topological polar surface area (TPSA) is 9.23 Å². The van der Waals surface area contributed by atoms with E-state index in [1.54, 1.807) is 0 Å². The molecule has 14 heavy (non-hydrogen) atoms. The van der Waals surface area contributed by atoms with Crippen molar-refractivity contribution < 1.29 is 45.7 Å². The van der Waals surface area contributed by atoms with Crippen LogP contribution in [-0.2, 0) is 38.1 Å². The van der Waals surface area contributed by atoms with Gasteiger partial charge in [-0.3, -0.25) is 0 Å². The van der Waals surface area contributed by atoms with Gasteiger partial charge in [-0.1, -0.05) is 24.3 Å². The van der Waals surface area contributed by atoms with Crippen LogP contribution in [0.2, 0.25) is 0 Å². The maximum atomic E-state index is 5.34. The van der Waals surface area contributed by atoms with Crippen molar-refractivity contribution in [1.82, 2.24) is 0 Å². The largest absolute Gasteiger partial charge is 2.00 e. The predicted octanol–water partition coefficient (Wildman–Crippen LogP) is 1.55. The molecule has 1 aromatic carbocycles. The van der Waals surface area contributed by atoms with Crippen molar-refractivity contribution >= 4 is 54.8 Å². The van der Waals surface area contributed by atoms with Crippen LogP contribution >= 0.6 is 0 Å². The summed E-state index contributed by atoms with van der Waals surface area (Å²) in [5, 5.41) is 0. The van der Waals surface area contributed by atoms with E-state index in [0.29, 0.717) is 6.61 Å². The summed E-state index contributed by atoms with van der Waals surface area (Å²) in [5.74, 6) is 0.991. The average molecular weight is 353 g/mol. The first-order chi connectivity index (χ1) is 4.97. The quantitative estimate of drug-likeness (QED) is 0.644. The Bertz CT molecular complexity index is 292. The van der Waals surface area contributed by atoms with Gasteiger partial charge in [-0.05, 0) is 12.1 Å². The van der Waals surface area contributed by atoms with Crippen LogP contribution in [-0.4, -0.2) is 55.3 Å². The standard InChI is InChI=1S/C9H8O.Ca.Mn.Mo.Si.2H/c1-2-6-9-8(4-1)5-3-7-10-9;;;;;;/h1-6H,7H2;;;;;;/q;+2;;;;2*-1. The van der Waals surface area contributed by atoms with Gasteiger partial charge in [0, 0.05) is 54.7 Å². The molecule has 1 aliphatic rings. The van der Waals surface area contributed by atoms with Crippen molar-refractivity contribution in [3.8, 4) is 5.75 Å². The normalized spacial score (nSPS) is 10.0. The molecule has 0 fully saturated rings. The molecule has 1 nitrogen and oxygen atoms in total. The van der Waals surface area contributed by atoms with Gasteiger partial charge < -0.3 is 7.59 Å². The van der Waals surface area contributed by atoms with Gasteiger partial charge in [0.2, 0.25) is 0 Å². The summed E-state index contributed by atoms with van der Waals surface area (Å²) in [6, 6.07) is 8.03. The van der Waals surface area contributed by atoms with E-state index in [-0.39, 0.29) is 89.7 Å². The number of ether oxygens (including phenoxy) is 1. The van der Waals surface area contributed by atoms with Crippen LogP contribution in [0.5, 0.6) is 5.75 Å². The molecule has 0 amide bonds. The second-order valence-corrected chi connectivity index (χ2v) is 2.25. The maximum Gasteiger partial charge on any atom is 2.00 e. The molecule has 0 aliphatic carbocycles. The van der Waals surface area contributed by atoms with Crippen molar-refractivity contribution in [3.05, 3.63) is 35.9 Å². The van der Waals surface area contributed by atoms with E-state index in [0.717, 1.165) is 5.75 Å². The van der Waals surface area contributed by atoms with Crippen LogP contribution in [0.4, 0.5) is 0 Å². The van der Waals surface area contributed by atoms with Gasteiger partial charge in [0.15, 0.2) is 0 Å². The van der Waals surface area contributed by atoms with Gasteiger partial charge in [0.05, 0.1) is 0 Å². The molecule has 5 heteroatoms. The third kappa shape index (κ3) is 5.51. The summed E-state index contributed by atoms with van der Waals surface area (Å²) < 4.78 is 5.34. The molecule has 0 bridgehead atoms. The van der Waals surface area contributed by atoms with Gasteiger partial charge in [-0.15, -0.1) is 0 Å². The maximum absolute atomic E-state index is 5.34. The Morgan fingerprint density at radius 2 is 1.86 bits per heavy atom. The molecule has 1 heterocycles. The van der Waals surface area contributed by atoms with E-state index in [2.05, 4.69) is 6.08 Å². The Labute approximate surface area is 147 Å². The Morgan fingerprint density at radius 1 is 1.21 bits per heavy atom. The number of benzene rings is 1. The predicted molar refractivity (Wildman–Crippen MR) is 54.7 cm³/mol. The summed E-state index contributed by atoms with van der Waals surface area (Å²) >= 11 is 0. The van der Waals surface area contributed by atoms with Crippen molar-refractivity contribution in [2.24, 2.45) is 0 Å². The molecule has 0 spiro atoms. The number of para-hydroxylation sites is 1. The minimum atomic E-state index is 0. The zero-order chi connectivity index (χ0) is 6.81. The van der Waals surface area contributed by atoms with Gasteiger partial charge in [-0.25, -0.2) is 0 Å². The second kappa shape index (κ2) is 10.9. The first kappa shape index (κ1) is 20.8. The average Bonchev–Trinajstić information content (AvgIpc) is 2.05. The molecular formula is C9H10CaMnMoOSi. The van der Waals surface area contributed by atoms with E-state index in [1.807, 2.05) is 30.3 Å². The van der Waals surface area contributed by atoms with E-state index < -0.39 is 0 Å². The molecule has 5 radical (unpaired) electrons. The van der Waals surface area contributed by atoms with E-state index in [1.165, 1.54) is 5.56 Å². The van der Waals surface area contributed by atoms with Gasteiger partial charge in [0.1, 0.15) is 12.4 Å².